The van der Waals surface area contributed by atoms with Crippen molar-refractivity contribution in [2.45, 2.75) is 38.6 Å². The molecule has 1 aromatic heterocycles. The molecule has 6 heteroatoms. The maximum absolute atomic E-state index is 12.3. The summed E-state index contributed by atoms with van der Waals surface area (Å²) in [5.74, 6) is 0.981. The molecule has 1 aromatic rings. The molecule has 1 saturated carbocycles. The highest BCUT2D eigenvalue weighted by Crippen LogP contribution is 2.34. The molecule has 1 amide bonds. The molecule has 0 radical (unpaired) electrons. The summed E-state index contributed by atoms with van der Waals surface area (Å²) in [6, 6.07) is 0.347. The summed E-state index contributed by atoms with van der Waals surface area (Å²) >= 11 is 1.35. The Morgan fingerprint density at radius 3 is 2.95 bits per heavy atom. The number of nitrogens with one attached hydrogen (secondary N) is 1. The lowest BCUT2D eigenvalue weighted by Gasteiger charge is -2.31. The molecule has 1 aliphatic carbocycles. The Morgan fingerprint density at radius 1 is 1.47 bits per heavy atom. The maximum Gasteiger partial charge on any atom is 0.258 e. The fraction of sp³-hybridized carbons (Fsp3) is 0.692. The standard InChI is InChI=1S/C13H20N4OS/c1-8-3-2-6-17(7-8)13-10(11(14)16-19-13)12(18)15-9-4-5-9/h8-9H,2-7H2,1H3,(H2,14,16)(H,15,18). The lowest BCUT2D eigenvalue weighted by molar-refractivity contribution is 0.0952. The van der Waals surface area contributed by atoms with E-state index in [1.54, 1.807) is 0 Å². The first-order chi connectivity index (χ1) is 9.15. The Balaban J connectivity index is 1.82. The van der Waals surface area contributed by atoms with Crippen molar-refractivity contribution < 1.29 is 4.79 Å². The normalized spacial score (nSPS) is 23.4. The Morgan fingerprint density at radius 2 is 2.26 bits per heavy atom. The number of anilines is 2. The third-order valence-electron chi connectivity index (χ3n) is 3.78. The van der Waals surface area contributed by atoms with Crippen LogP contribution < -0.4 is 16.0 Å². The van der Waals surface area contributed by atoms with E-state index in [-0.39, 0.29) is 5.91 Å². The highest BCUT2D eigenvalue weighted by molar-refractivity contribution is 7.11. The van der Waals surface area contributed by atoms with Gasteiger partial charge in [0.25, 0.3) is 5.91 Å². The van der Waals surface area contributed by atoms with E-state index in [0.717, 1.165) is 30.9 Å². The van der Waals surface area contributed by atoms with Crippen molar-refractivity contribution in [2.75, 3.05) is 23.7 Å². The van der Waals surface area contributed by atoms with Gasteiger partial charge in [-0.1, -0.05) is 6.92 Å². The number of piperidine rings is 1. The molecule has 0 bridgehead atoms. The van der Waals surface area contributed by atoms with Crippen molar-refractivity contribution in [3.63, 3.8) is 0 Å². The van der Waals surface area contributed by atoms with Gasteiger partial charge in [-0.3, -0.25) is 4.79 Å². The highest BCUT2D eigenvalue weighted by atomic mass is 32.1. The van der Waals surface area contributed by atoms with Crippen LogP contribution in [0.5, 0.6) is 0 Å². The lowest BCUT2D eigenvalue weighted by Crippen LogP contribution is -2.35. The summed E-state index contributed by atoms with van der Waals surface area (Å²) in [4.78, 5) is 14.5. The van der Waals surface area contributed by atoms with E-state index in [1.165, 1.54) is 24.4 Å². The summed E-state index contributed by atoms with van der Waals surface area (Å²) < 4.78 is 4.18. The number of hydrogen-bond donors (Lipinski definition) is 2. The van der Waals surface area contributed by atoms with E-state index in [2.05, 4.69) is 21.5 Å². The third-order valence-corrected chi connectivity index (χ3v) is 4.71. The zero-order chi connectivity index (χ0) is 13.4. The second-order valence-corrected chi connectivity index (χ2v) is 6.44. The van der Waals surface area contributed by atoms with Gasteiger partial charge in [0.1, 0.15) is 10.6 Å². The largest absolute Gasteiger partial charge is 0.382 e. The summed E-state index contributed by atoms with van der Waals surface area (Å²) in [5, 5.41) is 3.96. The molecule has 3 rings (SSSR count). The predicted octanol–water partition coefficient (Wildman–Crippen LogP) is 1.85. The smallest absolute Gasteiger partial charge is 0.258 e. The number of aromatic nitrogens is 1. The summed E-state index contributed by atoms with van der Waals surface area (Å²) in [5.41, 5.74) is 6.48. The van der Waals surface area contributed by atoms with Crippen LogP contribution in [-0.2, 0) is 0 Å². The van der Waals surface area contributed by atoms with Gasteiger partial charge >= 0.3 is 0 Å². The minimum atomic E-state index is -0.0537. The van der Waals surface area contributed by atoms with Crippen molar-refractivity contribution >= 4 is 28.3 Å². The molecule has 1 atom stereocenters. The average molecular weight is 280 g/mol. The van der Waals surface area contributed by atoms with Gasteiger partial charge in [-0.25, -0.2) is 0 Å². The number of nitrogens with two attached hydrogens (primary N) is 1. The molecule has 2 heterocycles. The summed E-state index contributed by atoms with van der Waals surface area (Å²) in [6.45, 7) is 4.24. The Labute approximate surface area is 117 Å². The number of rotatable bonds is 3. The molecule has 5 nitrogen and oxygen atoms in total. The Hall–Kier alpha value is -1.30. The van der Waals surface area contributed by atoms with Gasteiger partial charge in [-0.2, -0.15) is 4.37 Å². The fourth-order valence-electron chi connectivity index (χ4n) is 2.58. The molecule has 2 aliphatic rings. The molecule has 3 N–H and O–H groups in total. The van der Waals surface area contributed by atoms with Crippen LogP contribution in [0.2, 0.25) is 0 Å². The number of hydrogen-bond acceptors (Lipinski definition) is 5. The molecule has 1 unspecified atom stereocenters. The predicted molar refractivity (Wildman–Crippen MR) is 77.6 cm³/mol. The molecule has 0 aromatic carbocycles. The zero-order valence-corrected chi connectivity index (χ0v) is 12.0. The fourth-order valence-corrected chi connectivity index (χ4v) is 3.43. The first kappa shape index (κ1) is 12.7. The van der Waals surface area contributed by atoms with Crippen LogP contribution in [0.15, 0.2) is 0 Å². The second-order valence-electron chi connectivity index (χ2n) is 5.69. The topological polar surface area (TPSA) is 71.2 Å². The first-order valence-electron chi connectivity index (χ1n) is 6.96. The van der Waals surface area contributed by atoms with Crippen molar-refractivity contribution in [2.24, 2.45) is 5.92 Å². The Kier molecular flexibility index (Phi) is 3.35. The van der Waals surface area contributed by atoms with Crippen LogP contribution in [0.1, 0.15) is 43.0 Å². The van der Waals surface area contributed by atoms with Crippen LogP contribution in [0, 0.1) is 5.92 Å². The second kappa shape index (κ2) is 5.00. The number of carbonyl (C=O) groups excluding carboxylic acids is 1. The van der Waals surface area contributed by atoms with Crippen molar-refractivity contribution in [3.8, 4) is 0 Å². The highest BCUT2D eigenvalue weighted by Gasteiger charge is 2.30. The van der Waals surface area contributed by atoms with Gasteiger partial charge in [0, 0.05) is 19.1 Å². The van der Waals surface area contributed by atoms with Crippen LogP contribution in [0.3, 0.4) is 0 Å². The molecule has 1 aliphatic heterocycles. The number of amides is 1. The van der Waals surface area contributed by atoms with Crippen molar-refractivity contribution in [1.82, 2.24) is 9.69 Å². The minimum absolute atomic E-state index is 0.0537. The molecule has 0 spiro atoms. The van der Waals surface area contributed by atoms with E-state index in [0.29, 0.717) is 23.3 Å². The SMILES string of the molecule is CC1CCCN(c2snc(N)c2C(=O)NC2CC2)C1. The van der Waals surface area contributed by atoms with Crippen molar-refractivity contribution in [1.29, 1.82) is 0 Å². The quantitative estimate of drug-likeness (QED) is 0.886. The molecule has 2 fully saturated rings. The van der Waals surface area contributed by atoms with Crippen LogP contribution in [0.4, 0.5) is 10.8 Å². The van der Waals surface area contributed by atoms with Gasteiger partial charge in [0.15, 0.2) is 5.82 Å². The van der Waals surface area contributed by atoms with Gasteiger partial charge in [-0.05, 0) is 43.1 Å². The number of nitrogens with zero attached hydrogens (tertiary/aromatic N) is 2. The molecular weight excluding hydrogens is 260 g/mol. The first-order valence-corrected chi connectivity index (χ1v) is 7.73. The minimum Gasteiger partial charge on any atom is -0.382 e. The molecule has 19 heavy (non-hydrogen) atoms. The monoisotopic (exact) mass is 280 g/mol. The van der Waals surface area contributed by atoms with Gasteiger partial charge < -0.3 is 16.0 Å². The Bertz CT molecular complexity index is 483. The van der Waals surface area contributed by atoms with E-state index < -0.39 is 0 Å². The summed E-state index contributed by atoms with van der Waals surface area (Å²) in [7, 11) is 0. The zero-order valence-electron chi connectivity index (χ0n) is 11.2. The average Bonchev–Trinajstić information content (AvgIpc) is 3.09. The third kappa shape index (κ3) is 2.68. The van der Waals surface area contributed by atoms with Gasteiger partial charge in [0.05, 0.1) is 0 Å². The van der Waals surface area contributed by atoms with Crippen LogP contribution >= 0.6 is 11.5 Å². The molecular formula is C13H20N4OS. The maximum atomic E-state index is 12.3. The van der Waals surface area contributed by atoms with E-state index in [9.17, 15) is 4.79 Å². The molecule has 104 valence electrons. The van der Waals surface area contributed by atoms with Gasteiger partial charge in [-0.15, -0.1) is 0 Å². The van der Waals surface area contributed by atoms with Crippen LogP contribution in [0.25, 0.3) is 0 Å². The summed E-state index contributed by atoms with van der Waals surface area (Å²) in [6.07, 6.45) is 4.59. The van der Waals surface area contributed by atoms with Gasteiger partial charge in [0.2, 0.25) is 0 Å². The number of nitrogen functional groups attached to an aromatic ring is 1. The number of carbonyl (C=O) groups is 1. The van der Waals surface area contributed by atoms with E-state index in [4.69, 9.17) is 5.73 Å². The molecule has 1 saturated heterocycles. The van der Waals surface area contributed by atoms with Crippen molar-refractivity contribution in [3.05, 3.63) is 5.56 Å². The van der Waals surface area contributed by atoms with E-state index >= 15 is 0 Å². The lowest BCUT2D eigenvalue weighted by atomic mass is 10.0. The van der Waals surface area contributed by atoms with E-state index in [1.807, 2.05) is 0 Å². The van der Waals surface area contributed by atoms with Crippen LogP contribution in [-0.4, -0.2) is 29.4 Å².